The van der Waals surface area contributed by atoms with Crippen LogP contribution in [0.15, 0.2) is 23.1 Å². The highest BCUT2D eigenvalue weighted by Gasteiger charge is 2.29. The molecule has 24 heavy (non-hydrogen) atoms. The lowest BCUT2D eigenvalue weighted by atomic mass is 10.2. The lowest BCUT2D eigenvalue weighted by Gasteiger charge is -2.18. The van der Waals surface area contributed by atoms with E-state index < -0.39 is 22.0 Å². The van der Waals surface area contributed by atoms with Gasteiger partial charge in [-0.25, -0.2) is 17.9 Å². The molecule has 0 radical (unpaired) electrons. The summed E-state index contributed by atoms with van der Waals surface area (Å²) in [6, 6.07) is 4.12. The first-order chi connectivity index (χ1) is 11.2. The second-order valence-corrected chi connectivity index (χ2v) is 7.55. The lowest BCUT2D eigenvalue weighted by molar-refractivity contribution is -0.137. The SMILES string of the molecule is Cc1ccc(NC(=O)N(C)CCC(=O)O)cc1S(=O)(=O)NC1CC1. The zero-order valence-electron chi connectivity index (χ0n) is 13.6. The van der Waals surface area contributed by atoms with Crippen molar-refractivity contribution in [3.8, 4) is 0 Å². The molecule has 0 unspecified atom stereocenters. The van der Waals surface area contributed by atoms with Crippen LogP contribution in [0.2, 0.25) is 0 Å². The fourth-order valence-corrected chi connectivity index (χ4v) is 3.61. The summed E-state index contributed by atoms with van der Waals surface area (Å²) >= 11 is 0. The number of benzene rings is 1. The van der Waals surface area contributed by atoms with Crippen molar-refractivity contribution in [1.29, 1.82) is 0 Å². The minimum atomic E-state index is -3.62. The van der Waals surface area contributed by atoms with E-state index in [1.807, 2.05) is 0 Å². The van der Waals surface area contributed by atoms with Crippen LogP contribution in [0.5, 0.6) is 0 Å². The maximum atomic E-state index is 12.4. The molecule has 9 heteroatoms. The van der Waals surface area contributed by atoms with Crippen LogP contribution in [-0.4, -0.2) is 50.1 Å². The Morgan fingerprint density at radius 2 is 2.00 bits per heavy atom. The Morgan fingerprint density at radius 3 is 2.58 bits per heavy atom. The van der Waals surface area contributed by atoms with Gasteiger partial charge in [0.15, 0.2) is 0 Å². The summed E-state index contributed by atoms with van der Waals surface area (Å²) in [6.07, 6.45) is 1.51. The fourth-order valence-electron chi connectivity index (χ4n) is 2.04. The molecule has 132 valence electrons. The molecule has 0 saturated heterocycles. The van der Waals surface area contributed by atoms with E-state index in [-0.39, 0.29) is 23.9 Å². The maximum Gasteiger partial charge on any atom is 0.321 e. The van der Waals surface area contributed by atoms with E-state index in [9.17, 15) is 18.0 Å². The van der Waals surface area contributed by atoms with Crippen LogP contribution in [0.25, 0.3) is 0 Å². The number of hydrogen-bond donors (Lipinski definition) is 3. The lowest BCUT2D eigenvalue weighted by Crippen LogP contribution is -2.33. The Morgan fingerprint density at radius 1 is 1.33 bits per heavy atom. The molecule has 1 aromatic carbocycles. The normalized spacial score (nSPS) is 14.2. The monoisotopic (exact) mass is 355 g/mol. The Labute approximate surface area is 140 Å². The number of carboxylic acid groups (broad SMARTS) is 1. The van der Waals surface area contributed by atoms with Crippen LogP contribution in [0.3, 0.4) is 0 Å². The third-order valence-electron chi connectivity index (χ3n) is 3.64. The first-order valence-corrected chi connectivity index (χ1v) is 9.04. The Bertz CT molecular complexity index is 743. The van der Waals surface area contributed by atoms with Crippen molar-refractivity contribution in [3.63, 3.8) is 0 Å². The van der Waals surface area contributed by atoms with Crippen LogP contribution < -0.4 is 10.0 Å². The van der Waals surface area contributed by atoms with E-state index in [0.29, 0.717) is 11.3 Å². The second-order valence-electron chi connectivity index (χ2n) is 5.87. The van der Waals surface area contributed by atoms with E-state index in [1.165, 1.54) is 18.0 Å². The molecular formula is C15H21N3O5S. The standard InChI is InChI=1S/C15H21N3O5S/c1-10-3-4-12(16-15(21)18(2)8-7-14(19)20)9-13(10)24(22,23)17-11-5-6-11/h3-4,9,11,17H,5-8H2,1-2H3,(H,16,21)(H,19,20). The molecule has 0 aliphatic heterocycles. The largest absolute Gasteiger partial charge is 0.481 e. The third kappa shape index (κ3) is 4.93. The van der Waals surface area contributed by atoms with E-state index in [2.05, 4.69) is 10.0 Å². The number of rotatable bonds is 7. The van der Waals surface area contributed by atoms with Gasteiger partial charge in [0.05, 0.1) is 11.3 Å². The third-order valence-corrected chi connectivity index (χ3v) is 5.30. The van der Waals surface area contributed by atoms with Gasteiger partial charge in [-0.1, -0.05) is 6.07 Å². The van der Waals surface area contributed by atoms with Crippen LogP contribution in [0.4, 0.5) is 10.5 Å². The quantitative estimate of drug-likeness (QED) is 0.683. The molecular weight excluding hydrogens is 334 g/mol. The highest BCUT2D eigenvalue weighted by atomic mass is 32.2. The van der Waals surface area contributed by atoms with Gasteiger partial charge in [-0.05, 0) is 37.5 Å². The zero-order chi connectivity index (χ0) is 17.9. The van der Waals surface area contributed by atoms with Crippen molar-refractivity contribution in [3.05, 3.63) is 23.8 Å². The van der Waals surface area contributed by atoms with Crippen LogP contribution in [0, 0.1) is 6.92 Å². The minimum Gasteiger partial charge on any atom is -0.481 e. The predicted molar refractivity (Wildman–Crippen MR) is 88.4 cm³/mol. The van der Waals surface area contributed by atoms with E-state index >= 15 is 0 Å². The summed E-state index contributed by atoms with van der Waals surface area (Å²) in [4.78, 5) is 23.9. The highest BCUT2D eigenvalue weighted by Crippen LogP contribution is 2.25. The smallest absolute Gasteiger partial charge is 0.321 e. The van der Waals surface area contributed by atoms with Gasteiger partial charge < -0.3 is 15.3 Å². The molecule has 8 nitrogen and oxygen atoms in total. The number of hydrogen-bond acceptors (Lipinski definition) is 4. The summed E-state index contributed by atoms with van der Waals surface area (Å²) in [7, 11) is -2.15. The van der Waals surface area contributed by atoms with Gasteiger partial charge in [0, 0.05) is 25.3 Å². The molecule has 0 atom stereocenters. The van der Waals surface area contributed by atoms with Gasteiger partial charge in [-0.3, -0.25) is 4.79 Å². The van der Waals surface area contributed by atoms with Crippen LogP contribution in [-0.2, 0) is 14.8 Å². The number of carboxylic acids is 1. The highest BCUT2D eigenvalue weighted by molar-refractivity contribution is 7.89. The second kappa shape index (κ2) is 7.18. The Balaban J connectivity index is 2.10. The van der Waals surface area contributed by atoms with Crippen molar-refractivity contribution < 1.29 is 23.1 Å². The first-order valence-electron chi connectivity index (χ1n) is 7.56. The molecule has 0 spiro atoms. The summed E-state index contributed by atoms with van der Waals surface area (Å²) in [6.45, 7) is 1.74. The average molecular weight is 355 g/mol. The number of aryl methyl sites for hydroxylation is 1. The van der Waals surface area contributed by atoms with Gasteiger partial charge in [0.1, 0.15) is 0 Å². The molecule has 1 saturated carbocycles. The fraction of sp³-hybridized carbons (Fsp3) is 0.467. The topological polar surface area (TPSA) is 116 Å². The average Bonchev–Trinajstić information content (AvgIpc) is 3.29. The van der Waals surface area contributed by atoms with Gasteiger partial charge >= 0.3 is 12.0 Å². The molecule has 0 heterocycles. The number of carbonyl (C=O) groups is 2. The summed E-state index contributed by atoms with van der Waals surface area (Å²) in [5, 5.41) is 11.2. The van der Waals surface area contributed by atoms with Gasteiger partial charge in [0.25, 0.3) is 0 Å². The molecule has 1 aliphatic carbocycles. The van der Waals surface area contributed by atoms with E-state index in [1.54, 1.807) is 19.1 Å². The van der Waals surface area contributed by atoms with Crippen LogP contribution >= 0.6 is 0 Å². The van der Waals surface area contributed by atoms with Gasteiger partial charge in [-0.15, -0.1) is 0 Å². The summed E-state index contributed by atoms with van der Waals surface area (Å²) in [5.41, 5.74) is 0.921. The van der Waals surface area contributed by atoms with Crippen molar-refractivity contribution in [1.82, 2.24) is 9.62 Å². The number of carbonyl (C=O) groups excluding carboxylic acids is 1. The van der Waals surface area contributed by atoms with Crippen molar-refractivity contribution >= 4 is 27.7 Å². The van der Waals surface area contributed by atoms with E-state index in [4.69, 9.17) is 5.11 Å². The number of anilines is 1. The minimum absolute atomic E-state index is 0.00482. The molecule has 3 N–H and O–H groups in total. The number of sulfonamides is 1. The molecule has 1 fully saturated rings. The van der Waals surface area contributed by atoms with Gasteiger partial charge in [0.2, 0.25) is 10.0 Å². The number of nitrogens with zero attached hydrogens (tertiary/aromatic N) is 1. The van der Waals surface area contributed by atoms with Crippen molar-refractivity contribution in [2.45, 2.75) is 37.1 Å². The molecule has 2 rings (SSSR count). The molecule has 1 aromatic rings. The molecule has 0 bridgehead atoms. The van der Waals surface area contributed by atoms with Gasteiger partial charge in [-0.2, -0.15) is 0 Å². The number of nitrogens with one attached hydrogen (secondary N) is 2. The van der Waals surface area contributed by atoms with Crippen molar-refractivity contribution in [2.24, 2.45) is 0 Å². The first kappa shape index (κ1) is 18.2. The Hall–Kier alpha value is -2.13. The molecule has 0 aromatic heterocycles. The maximum absolute atomic E-state index is 12.4. The summed E-state index contributed by atoms with van der Waals surface area (Å²) in [5.74, 6) is -0.996. The number of aliphatic carboxylic acids is 1. The predicted octanol–water partition coefficient (Wildman–Crippen LogP) is 1.37. The van der Waals surface area contributed by atoms with Crippen LogP contribution in [0.1, 0.15) is 24.8 Å². The van der Waals surface area contributed by atoms with Crippen molar-refractivity contribution in [2.75, 3.05) is 18.9 Å². The summed E-state index contributed by atoms with van der Waals surface area (Å²) < 4.78 is 27.3. The van der Waals surface area contributed by atoms with E-state index in [0.717, 1.165) is 12.8 Å². The Kier molecular flexibility index (Phi) is 5.45. The molecule has 2 amide bonds. The number of urea groups is 1. The number of amides is 2. The zero-order valence-corrected chi connectivity index (χ0v) is 14.4. The molecule has 1 aliphatic rings.